The van der Waals surface area contributed by atoms with E-state index in [9.17, 15) is 5.11 Å². The highest BCUT2D eigenvalue weighted by atomic mass is 16.3. The number of aromatic nitrogens is 2. The summed E-state index contributed by atoms with van der Waals surface area (Å²) in [7, 11) is 0. The molecule has 0 fully saturated rings. The van der Waals surface area contributed by atoms with Crippen molar-refractivity contribution in [3.05, 3.63) is 24.2 Å². The Morgan fingerprint density at radius 3 is 2.93 bits per heavy atom. The number of hydrogen-bond acceptors (Lipinski definition) is 2. The van der Waals surface area contributed by atoms with Crippen molar-refractivity contribution in [2.24, 2.45) is 0 Å². The first-order chi connectivity index (χ1) is 6.77. The van der Waals surface area contributed by atoms with Crippen LogP contribution in [0.4, 0.5) is 0 Å². The number of aromatic amines is 1. The molecule has 0 amide bonds. The van der Waals surface area contributed by atoms with E-state index >= 15 is 0 Å². The molecule has 0 saturated carbocycles. The fraction of sp³-hybridized carbons (Fsp3) is 0.545. The van der Waals surface area contributed by atoms with Crippen molar-refractivity contribution in [2.75, 3.05) is 0 Å². The smallest absolute Gasteiger partial charge is 0.212 e. The SMILES string of the molecule is C=CCc1nc(CCCCC)c(O)[nH]1. The van der Waals surface area contributed by atoms with Crippen molar-refractivity contribution in [3.8, 4) is 5.88 Å². The summed E-state index contributed by atoms with van der Waals surface area (Å²) in [6.07, 6.45) is 6.76. The minimum absolute atomic E-state index is 0.220. The van der Waals surface area contributed by atoms with E-state index < -0.39 is 0 Å². The van der Waals surface area contributed by atoms with Gasteiger partial charge in [-0.1, -0.05) is 25.8 Å². The zero-order valence-electron chi connectivity index (χ0n) is 8.71. The number of hydrogen-bond donors (Lipinski definition) is 2. The van der Waals surface area contributed by atoms with Gasteiger partial charge < -0.3 is 10.1 Å². The largest absolute Gasteiger partial charge is 0.493 e. The number of allylic oxidation sites excluding steroid dienone is 1. The summed E-state index contributed by atoms with van der Waals surface area (Å²) in [4.78, 5) is 7.14. The van der Waals surface area contributed by atoms with Crippen molar-refractivity contribution in [1.29, 1.82) is 0 Å². The van der Waals surface area contributed by atoms with Gasteiger partial charge in [0.2, 0.25) is 5.88 Å². The zero-order chi connectivity index (χ0) is 10.4. The van der Waals surface area contributed by atoms with Crippen molar-refractivity contribution in [1.82, 2.24) is 9.97 Å². The molecular weight excluding hydrogens is 176 g/mol. The predicted octanol–water partition coefficient (Wildman–Crippen LogP) is 2.58. The van der Waals surface area contributed by atoms with Crippen LogP contribution < -0.4 is 0 Å². The topological polar surface area (TPSA) is 48.9 Å². The summed E-state index contributed by atoms with van der Waals surface area (Å²) < 4.78 is 0. The van der Waals surface area contributed by atoms with E-state index in [2.05, 4.69) is 23.5 Å². The van der Waals surface area contributed by atoms with Crippen LogP contribution in [0, 0.1) is 0 Å². The molecule has 1 heterocycles. The highest BCUT2D eigenvalue weighted by Crippen LogP contribution is 2.16. The van der Waals surface area contributed by atoms with Gasteiger partial charge in [-0.2, -0.15) is 0 Å². The van der Waals surface area contributed by atoms with Crippen LogP contribution in [0.15, 0.2) is 12.7 Å². The molecule has 1 aromatic rings. The summed E-state index contributed by atoms with van der Waals surface area (Å²) >= 11 is 0. The maximum absolute atomic E-state index is 9.50. The molecule has 2 N–H and O–H groups in total. The molecule has 0 aromatic carbocycles. The van der Waals surface area contributed by atoms with Gasteiger partial charge in [0.25, 0.3) is 0 Å². The number of nitrogens with zero attached hydrogens (tertiary/aromatic N) is 1. The monoisotopic (exact) mass is 194 g/mol. The van der Waals surface area contributed by atoms with Crippen LogP contribution in [0.1, 0.15) is 37.7 Å². The number of imidazole rings is 1. The van der Waals surface area contributed by atoms with Gasteiger partial charge in [-0.15, -0.1) is 6.58 Å². The fourth-order valence-corrected chi connectivity index (χ4v) is 1.40. The number of nitrogens with one attached hydrogen (secondary N) is 1. The van der Waals surface area contributed by atoms with Crippen molar-refractivity contribution < 1.29 is 5.11 Å². The van der Waals surface area contributed by atoms with Crippen molar-refractivity contribution in [2.45, 2.75) is 39.0 Å². The molecule has 0 bridgehead atoms. The summed E-state index contributed by atoms with van der Waals surface area (Å²) in [5.74, 6) is 1.02. The van der Waals surface area contributed by atoms with Gasteiger partial charge in [-0.05, 0) is 12.8 Å². The molecular formula is C11H18N2O. The van der Waals surface area contributed by atoms with Crippen molar-refractivity contribution >= 4 is 0 Å². The third kappa shape index (κ3) is 2.91. The first-order valence-electron chi connectivity index (χ1n) is 5.15. The normalized spacial score (nSPS) is 10.4. The highest BCUT2D eigenvalue weighted by molar-refractivity contribution is 5.20. The molecule has 1 aromatic heterocycles. The third-order valence-corrected chi connectivity index (χ3v) is 2.16. The van der Waals surface area contributed by atoms with Gasteiger partial charge in [0.15, 0.2) is 0 Å². The second-order valence-corrected chi connectivity index (χ2v) is 3.43. The van der Waals surface area contributed by atoms with E-state index in [-0.39, 0.29) is 5.88 Å². The molecule has 3 nitrogen and oxygen atoms in total. The van der Waals surface area contributed by atoms with E-state index in [0.717, 1.165) is 24.4 Å². The van der Waals surface area contributed by atoms with Crippen LogP contribution in [0.25, 0.3) is 0 Å². The Morgan fingerprint density at radius 2 is 2.29 bits per heavy atom. The first kappa shape index (κ1) is 10.8. The van der Waals surface area contributed by atoms with Gasteiger partial charge in [-0.3, -0.25) is 0 Å². The molecule has 1 rings (SSSR count). The minimum atomic E-state index is 0.220. The molecule has 0 unspecified atom stereocenters. The second-order valence-electron chi connectivity index (χ2n) is 3.43. The first-order valence-corrected chi connectivity index (χ1v) is 5.15. The number of unbranched alkanes of at least 4 members (excludes halogenated alkanes) is 2. The molecule has 0 aliphatic rings. The molecule has 0 atom stereocenters. The average Bonchev–Trinajstić information content (AvgIpc) is 2.48. The fourth-order valence-electron chi connectivity index (χ4n) is 1.40. The van der Waals surface area contributed by atoms with Crippen LogP contribution >= 0.6 is 0 Å². The molecule has 14 heavy (non-hydrogen) atoms. The Morgan fingerprint density at radius 1 is 1.50 bits per heavy atom. The Kier molecular flexibility index (Phi) is 4.23. The predicted molar refractivity (Wildman–Crippen MR) is 57.4 cm³/mol. The van der Waals surface area contributed by atoms with Gasteiger partial charge >= 0.3 is 0 Å². The van der Waals surface area contributed by atoms with Crippen LogP contribution in [0.3, 0.4) is 0 Å². The number of aryl methyl sites for hydroxylation is 1. The summed E-state index contributed by atoms with van der Waals surface area (Å²) in [6, 6.07) is 0. The molecule has 0 aliphatic carbocycles. The van der Waals surface area contributed by atoms with E-state index in [1.165, 1.54) is 12.8 Å². The molecule has 0 radical (unpaired) electrons. The van der Waals surface area contributed by atoms with Gasteiger partial charge in [-0.25, -0.2) is 4.98 Å². The maximum Gasteiger partial charge on any atom is 0.212 e. The van der Waals surface area contributed by atoms with Gasteiger partial charge in [0, 0.05) is 6.42 Å². The lowest BCUT2D eigenvalue weighted by atomic mass is 10.2. The lowest BCUT2D eigenvalue weighted by molar-refractivity contribution is 0.447. The standard InChI is InChI=1S/C11H18N2O/c1-3-5-6-8-9-11(14)13-10(12-9)7-4-2/h4,14H,2-3,5-8H2,1H3,(H,12,13). The molecule has 0 aliphatic heterocycles. The summed E-state index contributed by atoms with van der Waals surface area (Å²) in [6.45, 7) is 5.79. The lowest BCUT2D eigenvalue weighted by Crippen LogP contribution is -1.87. The van der Waals surface area contributed by atoms with Crippen LogP contribution in [0.2, 0.25) is 0 Å². The summed E-state index contributed by atoms with van der Waals surface area (Å²) in [5, 5.41) is 9.50. The molecule has 0 spiro atoms. The highest BCUT2D eigenvalue weighted by Gasteiger charge is 2.07. The van der Waals surface area contributed by atoms with Crippen LogP contribution in [0.5, 0.6) is 5.88 Å². The van der Waals surface area contributed by atoms with Crippen LogP contribution in [-0.2, 0) is 12.8 Å². The quantitative estimate of drug-likeness (QED) is 0.540. The van der Waals surface area contributed by atoms with Crippen LogP contribution in [-0.4, -0.2) is 15.1 Å². The Balaban J connectivity index is 2.53. The number of H-pyrrole nitrogens is 1. The zero-order valence-corrected chi connectivity index (χ0v) is 8.71. The van der Waals surface area contributed by atoms with Gasteiger partial charge in [0.05, 0.1) is 0 Å². The van der Waals surface area contributed by atoms with E-state index in [0.29, 0.717) is 6.42 Å². The minimum Gasteiger partial charge on any atom is -0.493 e. The average molecular weight is 194 g/mol. The number of aromatic hydroxyl groups is 1. The Bertz CT molecular complexity index is 291. The maximum atomic E-state index is 9.50. The van der Waals surface area contributed by atoms with E-state index in [1.54, 1.807) is 6.08 Å². The molecule has 0 saturated heterocycles. The van der Waals surface area contributed by atoms with Gasteiger partial charge in [0.1, 0.15) is 11.5 Å². The molecule has 3 heteroatoms. The summed E-state index contributed by atoms with van der Waals surface area (Å²) in [5.41, 5.74) is 0.787. The third-order valence-electron chi connectivity index (χ3n) is 2.16. The van der Waals surface area contributed by atoms with E-state index in [4.69, 9.17) is 0 Å². The number of rotatable bonds is 6. The second kappa shape index (κ2) is 5.47. The Labute approximate surface area is 84.9 Å². The van der Waals surface area contributed by atoms with E-state index in [1.807, 2.05) is 0 Å². The molecule has 78 valence electrons. The Hall–Kier alpha value is -1.25. The lowest BCUT2D eigenvalue weighted by Gasteiger charge is -1.95. The van der Waals surface area contributed by atoms with Crippen molar-refractivity contribution in [3.63, 3.8) is 0 Å².